The fourth-order valence-corrected chi connectivity index (χ4v) is 4.14. The molecule has 2 atom stereocenters. The van der Waals surface area contributed by atoms with Gasteiger partial charge in [-0.05, 0) is 87.5 Å². The Labute approximate surface area is 283 Å². The van der Waals surface area contributed by atoms with Gasteiger partial charge in [0.15, 0.2) is 0 Å². The molecule has 0 aliphatic rings. The summed E-state index contributed by atoms with van der Waals surface area (Å²) in [6, 6.07) is -2.34. The second kappa shape index (κ2) is 18.8. The molecule has 0 spiro atoms. The van der Waals surface area contributed by atoms with Gasteiger partial charge in [-0.3, -0.25) is 19.2 Å². The average molecular weight is 932 g/mol. The Hall–Kier alpha value is -5.44. The number of amides is 5. The Bertz CT molecular complexity index is 1310. The number of imidazole rings is 1. The standard InChI is InChI=1S/C31H49BN7O9.Fm/c1-29(2,3)47-27(45)36-21(12-10-11-13-33-19-40)26(44)38(9)17-24(42)35-22(25(43)37-31(7,8)23(41)15-32)14-20-16-39(18-34-20)28(46)48-30(4,5)6;/h16,18,21-22H,10-15,17H2,1-9H3,(H,33,40)(H,35,42)(H,36,45)(H,37,43);/q-1;/t21-,22-;/m0./s1. The fourth-order valence-electron chi connectivity index (χ4n) is 4.14. The zero-order valence-electron chi connectivity index (χ0n) is 29.6. The van der Waals surface area contributed by atoms with Crippen LogP contribution < -0.4 is 21.3 Å². The van der Waals surface area contributed by atoms with Crippen LogP contribution in [0, 0.1) is 0 Å². The molecule has 278 valence electrons. The van der Waals surface area contributed by atoms with Crippen LogP contribution in [0.1, 0.15) is 80.3 Å². The molecule has 2 radical (unpaired) electrons. The van der Waals surface area contributed by atoms with Crippen LogP contribution in [0.25, 0.3) is 0 Å². The van der Waals surface area contributed by atoms with Crippen molar-refractivity contribution in [1.82, 2.24) is 35.7 Å². The Kier molecular flexibility index (Phi) is 16.7. The molecule has 4 N–H and O–H groups in total. The van der Waals surface area contributed by atoms with Crippen molar-refractivity contribution in [2.24, 2.45) is 0 Å². The molecule has 0 saturated heterocycles. The first kappa shape index (κ1) is 43.6. The van der Waals surface area contributed by atoms with Crippen molar-refractivity contribution in [3.63, 3.8) is 0 Å². The summed E-state index contributed by atoms with van der Waals surface area (Å²) in [6.07, 6.45) is 3.20. The number of unbranched alkanes of at least 4 members (excludes halogenated alkanes) is 1. The minimum atomic E-state index is -1.36. The number of rotatable bonds is 17. The maximum Gasteiger partial charge on any atom is 0.419 e. The predicted molar refractivity (Wildman–Crippen MR) is 176 cm³/mol. The molecule has 1 aromatic heterocycles. The Morgan fingerprint density at radius 3 is 2.12 bits per heavy atom. The van der Waals surface area contributed by atoms with Crippen LogP contribution in [-0.4, -0.2) is 113 Å². The molecule has 0 fully saturated rings. The molecule has 0 aromatic carbocycles. The topological polar surface area (TPSA) is 207 Å². The van der Waals surface area contributed by atoms with Crippen molar-refractivity contribution >= 4 is 49.9 Å². The number of aromatic nitrogens is 2. The Balaban J connectivity index is 0.0000230. The zero-order chi connectivity index (χ0) is 36.9. The third-order valence-electron chi connectivity index (χ3n) is 6.49. The van der Waals surface area contributed by atoms with E-state index in [2.05, 4.69) is 26.3 Å². The molecule has 0 aliphatic heterocycles. The number of nitrogens with zero attached hydrogens (tertiary/aromatic N) is 3. The van der Waals surface area contributed by atoms with Gasteiger partial charge in [-0.25, -0.2) is 19.1 Å². The fraction of sp³-hybridized carbons (Fsp3) is 0.677. The van der Waals surface area contributed by atoms with Crippen LogP contribution in [-0.2, 0) is 39.9 Å². The summed E-state index contributed by atoms with van der Waals surface area (Å²) in [5.41, 5.74) is -2.71. The maximum absolute atomic E-state index is 13.4. The molecule has 16 nitrogen and oxygen atoms in total. The van der Waals surface area contributed by atoms with Crippen LogP contribution in [0.15, 0.2) is 12.5 Å². The number of Topliss-reactive ketones (excluding diaryl/α,β-unsaturated/α-hetero) is 1. The van der Waals surface area contributed by atoms with Gasteiger partial charge in [0.05, 0.1) is 25.6 Å². The smallest absolute Gasteiger partial charge is 0.419 e. The second-order valence-corrected chi connectivity index (χ2v) is 13.7. The summed E-state index contributed by atoms with van der Waals surface area (Å²) < 4.78 is 11.7. The molecule has 5 amide bonds. The molecule has 0 saturated carbocycles. The minimum absolute atomic E-state index is 0. The monoisotopic (exact) mass is 931 g/mol. The maximum atomic E-state index is 13.4. The van der Waals surface area contributed by atoms with Gasteiger partial charge >= 0.3 is 12.2 Å². The number of ketones is 1. The molecule has 1 heterocycles. The van der Waals surface area contributed by atoms with E-state index in [1.807, 2.05) is 0 Å². The van der Waals surface area contributed by atoms with E-state index < -0.39 is 71.1 Å². The number of hydrogen-bond donors (Lipinski definition) is 4. The Morgan fingerprint density at radius 2 is 1.57 bits per heavy atom. The number of hydrogen-bond acceptors (Lipinski definition) is 10. The first-order valence-electron chi connectivity index (χ1n) is 15.5. The molecule has 0 unspecified atom stereocenters. The predicted octanol–water partition coefficient (Wildman–Crippen LogP) is 0.923. The molecule has 18 heteroatoms. The molecule has 49 heavy (non-hydrogen) atoms. The van der Waals surface area contributed by atoms with E-state index in [0.717, 1.165) is 9.47 Å². The van der Waals surface area contributed by atoms with Crippen LogP contribution in [0.3, 0.4) is 0 Å². The molecule has 1 rings (SSSR count). The second-order valence-electron chi connectivity index (χ2n) is 13.7. The van der Waals surface area contributed by atoms with E-state index in [-0.39, 0.29) is 24.9 Å². The van der Waals surface area contributed by atoms with E-state index in [1.54, 1.807) is 48.0 Å². The minimum Gasteiger partial charge on any atom is -0.530 e. The largest absolute Gasteiger partial charge is 0.530 e. The number of carbonyl (C=O) groups is 6. The molecule has 0 bridgehead atoms. The van der Waals surface area contributed by atoms with E-state index >= 15 is 0 Å². The van der Waals surface area contributed by atoms with E-state index in [1.165, 1.54) is 33.4 Å². The normalized spacial score (nSPS) is 12.7. The SMILES string of the molecule is [B]CC(=O)C(C)(C)NC(=O)[C@H](Cc1cn(C(=O)OC(C)(C)C)cn1)NC(=O)CN(C)C(=O)[C@H](CCCCN[C-]=O)NC(=O)OC(C)(C)C.[Fm]. The quantitative estimate of drug-likeness (QED) is 0.0753. The van der Waals surface area contributed by atoms with Gasteiger partial charge in [-0.1, -0.05) is 0 Å². The van der Waals surface area contributed by atoms with Gasteiger partial charge in [-0.15, -0.1) is 0 Å². The summed E-state index contributed by atoms with van der Waals surface area (Å²) >= 11 is 0. The van der Waals surface area contributed by atoms with Crippen molar-refractivity contribution in [3.05, 3.63) is 18.2 Å². The van der Waals surface area contributed by atoms with Crippen LogP contribution in [0.5, 0.6) is 0 Å². The van der Waals surface area contributed by atoms with Crippen molar-refractivity contribution in [3.8, 4) is 0 Å². The van der Waals surface area contributed by atoms with E-state index in [9.17, 15) is 33.6 Å². The van der Waals surface area contributed by atoms with E-state index in [4.69, 9.17) is 17.3 Å². The van der Waals surface area contributed by atoms with Gasteiger partial charge < -0.3 is 40.4 Å². The van der Waals surface area contributed by atoms with Gasteiger partial charge in [0, 0.05) is 19.7 Å². The Morgan fingerprint density at radius 1 is 0.959 bits per heavy atom. The van der Waals surface area contributed by atoms with Crippen molar-refractivity contribution in [2.45, 2.75) is 116 Å². The zero-order valence-corrected chi connectivity index (χ0v) is 32.0. The van der Waals surface area contributed by atoms with Gasteiger partial charge in [0.1, 0.15) is 35.4 Å². The van der Waals surface area contributed by atoms with E-state index in [0.29, 0.717) is 19.4 Å². The van der Waals surface area contributed by atoms with Gasteiger partial charge in [0.2, 0.25) is 17.7 Å². The van der Waals surface area contributed by atoms with Crippen molar-refractivity contribution < 1.29 is 43.0 Å². The first-order valence-corrected chi connectivity index (χ1v) is 15.5. The third-order valence-corrected chi connectivity index (χ3v) is 6.49. The van der Waals surface area contributed by atoms with Crippen molar-refractivity contribution in [2.75, 3.05) is 20.1 Å². The van der Waals surface area contributed by atoms with Gasteiger partial charge in [-0.2, -0.15) is 6.41 Å². The molecule has 0 aliphatic carbocycles. The summed E-state index contributed by atoms with van der Waals surface area (Å²) in [5, 5.41) is 10.1. The average Bonchev–Trinajstić information content (AvgIpc) is 3.42. The molecule has 1 aromatic rings. The molecular weight excluding hydrogens is 882 g/mol. The number of ether oxygens (including phenoxy) is 2. The van der Waals surface area contributed by atoms with Crippen LogP contribution in [0.4, 0.5) is 9.59 Å². The van der Waals surface area contributed by atoms with Crippen LogP contribution >= 0.6 is 0 Å². The number of carbonyl (C=O) groups excluding carboxylic acids is 7. The third kappa shape index (κ3) is 16.3. The molecular formula is C31H49BFmN7O9-. The summed E-state index contributed by atoms with van der Waals surface area (Å²) in [4.78, 5) is 92.9. The summed E-state index contributed by atoms with van der Waals surface area (Å²) in [7, 11) is 6.85. The van der Waals surface area contributed by atoms with Crippen LogP contribution in [0.2, 0.25) is 6.32 Å². The number of likely N-dealkylation sites (N-methyl/N-ethyl adjacent to an activating group) is 1. The number of nitrogens with one attached hydrogen (secondary N) is 4. The van der Waals surface area contributed by atoms with Crippen molar-refractivity contribution in [1.29, 1.82) is 0 Å². The summed E-state index contributed by atoms with van der Waals surface area (Å²) in [5.74, 6) is -2.52. The van der Waals surface area contributed by atoms with Gasteiger partial charge in [0.25, 0.3) is 0 Å². The first-order chi connectivity index (χ1) is 22.1. The number of alkyl carbamates (subject to hydrolysis) is 1. The summed E-state index contributed by atoms with van der Waals surface area (Å²) in [6.45, 7) is 12.9.